The van der Waals surface area contributed by atoms with Gasteiger partial charge in [0.15, 0.2) is 12.6 Å². The van der Waals surface area contributed by atoms with Crippen molar-refractivity contribution in [3.05, 3.63) is 0 Å². The van der Waals surface area contributed by atoms with Gasteiger partial charge in [0.2, 0.25) is 6.08 Å². The molecular weight excluding hydrogens is 98.0 g/mol. The molecule has 0 aromatic rings. The number of hydrogen-bond donors (Lipinski definition) is 1. The molecule has 0 saturated heterocycles. The third-order valence-corrected chi connectivity index (χ3v) is 0.0556. The largest absolute Gasteiger partial charge is 0.295 e. The number of aldehydes is 2. The van der Waals surface area contributed by atoms with Crippen molar-refractivity contribution >= 4 is 18.7 Å². The van der Waals surface area contributed by atoms with E-state index in [-0.39, 0.29) is 12.6 Å². The Labute approximate surface area is 39.6 Å². The summed E-state index contributed by atoms with van der Waals surface area (Å²) in [6, 6.07) is 0. The second-order valence-electron chi connectivity index (χ2n) is 0.374. The fourth-order valence-corrected chi connectivity index (χ4v) is 0. The predicted octanol–water partition coefficient (Wildman–Crippen LogP) is -0.715. The average molecular weight is 101 g/mol. The first-order valence-corrected chi connectivity index (χ1v) is 1.26. The van der Waals surface area contributed by atoms with Crippen LogP contribution >= 0.6 is 0 Å². The summed E-state index contributed by atoms with van der Waals surface area (Å²) in [4.78, 5) is 26.0. The van der Waals surface area contributed by atoms with Crippen LogP contribution in [0, 0.1) is 5.41 Å². The van der Waals surface area contributed by atoms with Gasteiger partial charge in [-0.2, -0.15) is 0 Å². The van der Waals surface area contributed by atoms with Gasteiger partial charge >= 0.3 is 0 Å². The van der Waals surface area contributed by atoms with Crippen molar-refractivity contribution in [2.24, 2.45) is 0 Å². The molecule has 0 radical (unpaired) electrons. The van der Waals surface area contributed by atoms with Crippen LogP contribution in [0.25, 0.3) is 0 Å². The first kappa shape index (κ1) is 9.21. The van der Waals surface area contributed by atoms with E-state index in [0.29, 0.717) is 0 Å². The maximum absolute atomic E-state index is 8.81. The topological polar surface area (TPSA) is 75.1 Å². The molecule has 0 aromatic heterocycles. The second kappa shape index (κ2) is 22.1. The summed E-state index contributed by atoms with van der Waals surface area (Å²) in [5, 5.41) is 5.40. The Bertz CT molecular complexity index is 76.2. The highest BCUT2D eigenvalue weighted by atomic mass is 16.2. The molecule has 0 spiro atoms. The van der Waals surface area contributed by atoms with Crippen molar-refractivity contribution in [3.8, 4) is 0 Å². The third kappa shape index (κ3) is 445. The van der Waals surface area contributed by atoms with Gasteiger partial charge in [0.05, 0.1) is 0 Å². The maximum Gasteiger partial charge on any atom is 0.231 e. The summed E-state index contributed by atoms with van der Waals surface area (Å²) in [6.07, 6.45) is 1.14. The molecular formula is C3H3NO3. The molecule has 0 saturated carbocycles. The molecule has 1 N–H and O–H groups in total. The van der Waals surface area contributed by atoms with E-state index in [1.807, 2.05) is 0 Å². The summed E-state index contributed by atoms with van der Waals surface area (Å²) in [7, 11) is 0. The van der Waals surface area contributed by atoms with Crippen LogP contribution in [0.1, 0.15) is 0 Å². The zero-order valence-electron chi connectivity index (χ0n) is 3.38. The smallest absolute Gasteiger partial charge is 0.231 e. The number of isocyanates is 1. The van der Waals surface area contributed by atoms with E-state index in [1.165, 1.54) is 0 Å². The Balaban J connectivity index is 0. The number of hydrogen-bond acceptors (Lipinski definition) is 4. The van der Waals surface area contributed by atoms with E-state index in [1.54, 1.807) is 0 Å². The van der Waals surface area contributed by atoms with Crippen molar-refractivity contribution in [2.75, 3.05) is 0 Å². The van der Waals surface area contributed by atoms with Crippen LogP contribution in [-0.4, -0.2) is 18.7 Å². The molecule has 0 bridgehead atoms. The minimum atomic E-state index is 0.194. The lowest BCUT2D eigenvalue weighted by atomic mass is 10.9. The maximum atomic E-state index is 8.81. The van der Waals surface area contributed by atoms with E-state index >= 15 is 0 Å². The Morgan fingerprint density at radius 3 is 1.43 bits per heavy atom. The van der Waals surface area contributed by atoms with E-state index in [0.717, 1.165) is 6.08 Å². The molecule has 0 rings (SSSR count). The van der Waals surface area contributed by atoms with Gasteiger partial charge in [-0.15, -0.1) is 0 Å². The Morgan fingerprint density at radius 2 is 1.43 bits per heavy atom. The van der Waals surface area contributed by atoms with Gasteiger partial charge in [-0.1, -0.05) is 0 Å². The van der Waals surface area contributed by atoms with Gasteiger partial charge in [0, 0.05) is 0 Å². The Morgan fingerprint density at radius 1 is 1.29 bits per heavy atom. The van der Waals surface area contributed by atoms with E-state index in [4.69, 9.17) is 19.8 Å². The van der Waals surface area contributed by atoms with E-state index < -0.39 is 0 Å². The quantitative estimate of drug-likeness (QED) is 0.205. The SMILES string of the molecule is N=C=O.O=CC=O. The molecule has 0 aliphatic carbocycles. The molecule has 4 heteroatoms. The average Bonchev–Trinajstić information content (AvgIpc) is 1.69. The molecule has 7 heavy (non-hydrogen) atoms. The minimum absolute atomic E-state index is 0.194. The number of rotatable bonds is 1. The van der Waals surface area contributed by atoms with E-state index in [2.05, 4.69) is 0 Å². The highest BCUT2D eigenvalue weighted by Gasteiger charge is 1.47. The lowest BCUT2D eigenvalue weighted by Gasteiger charge is -1.31. The number of nitrogens with one attached hydrogen (secondary N) is 1. The Kier molecular flexibility index (Phi) is 29.0. The molecule has 0 heterocycles. The van der Waals surface area contributed by atoms with Gasteiger partial charge in [0.1, 0.15) is 0 Å². The zero-order valence-corrected chi connectivity index (χ0v) is 3.38. The van der Waals surface area contributed by atoms with Crippen LogP contribution in [-0.2, 0) is 14.4 Å². The molecule has 0 amide bonds. The van der Waals surface area contributed by atoms with Crippen molar-refractivity contribution in [3.63, 3.8) is 0 Å². The summed E-state index contributed by atoms with van der Waals surface area (Å²) < 4.78 is 0. The highest BCUT2D eigenvalue weighted by molar-refractivity contribution is 6.09. The third-order valence-electron chi connectivity index (χ3n) is 0.0556. The fourth-order valence-electron chi connectivity index (χ4n) is 0. The van der Waals surface area contributed by atoms with Crippen molar-refractivity contribution < 1.29 is 14.4 Å². The van der Waals surface area contributed by atoms with Crippen molar-refractivity contribution in [1.82, 2.24) is 0 Å². The zero-order chi connectivity index (χ0) is 6.12. The van der Waals surface area contributed by atoms with Gasteiger partial charge in [-0.3, -0.25) is 9.59 Å². The first-order chi connectivity index (χ1) is 3.33. The van der Waals surface area contributed by atoms with Crippen LogP contribution in [0.5, 0.6) is 0 Å². The van der Waals surface area contributed by atoms with Crippen LogP contribution in [0.2, 0.25) is 0 Å². The second-order valence-corrected chi connectivity index (χ2v) is 0.374. The normalized spacial score (nSPS) is 4.00. The monoisotopic (exact) mass is 101 g/mol. The first-order valence-electron chi connectivity index (χ1n) is 1.26. The van der Waals surface area contributed by atoms with Crippen LogP contribution in [0.15, 0.2) is 0 Å². The molecule has 0 aromatic carbocycles. The minimum Gasteiger partial charge on any atom is -0.295 e. The standard InChI is InChI=1S/C2H2O2.CHNO/c3-1-2-4;2-1-3/h1-2H;2H. The molecule has 38 valence electrons. The van der Waals surface area contributed by atoms with Crippen LogP contribution < -0.4 is 0 Å². The lowest BCUT2D eigenvalue weighted by molar-refractivity contribution is -0.122. The fraction of sp³-hybridized carbons (Fsp3) is 0. The summed E-state index contributed by atoms with van der Waals surface area (Å²) in [5.41, 5.74) is 0. The molecule has 0 fully saturated rings. The van der Waals surface area contributed by atoms with Gasteiger partial charge in [0.25, 0.3) is 0 Å². The van der Waals surface area contributed by atoms with Crippen molar-refractivity contribution in [1.29, 1.82) is 5.41 Å². The van der Waals surface area contributed by atoms with Crippen molar-refractivity contribution in [2.45, 2.75) is 0 Å². The molecule has 0 aliphatic rings. The van der Waals surface area contributed by atoms with Gasteiger partial charge in [-0.05, 0) is 0 Å². The molecule has 0 atom stereocenters. The summed E-state index contributed by atoms with van der Waals surface area (Å²) >= 11 is 0. The Hall–Kier alpha value is -1.28. The molecule has 0 aliphatic heterocycles. The molecule has 0 unspecified atom stereocenters. The molecule has 4 nitrogen and oxygen atoms in total. The van der Waals surface area contributed by atoms with Crippen LogP contribution in [0.4, 0.5) is 0 Å². The van der Waals surface area contributed by atoms with Gasteiger partial charge in [-0.25, -0.2) is 10.2 Å². The predicted molar refractivity (Wildman–Crippen MR) is 20.5 cm³/mol. The lowest BCUT2D eigenvalue weighted by Crippen LogP contribution is -1.62. The van der Waals surface area contributed by atoms with Crippen LogP contribution in [0.3, 0.4) is 0 Å². The summed E-state index contributed by atoms with van der Waals surface area (Å²) in [5.74, 6) is 0. The van der Waals surface area contributed by atoms with E-state index in [9.17, 15) is 0 Å². The summed E-state index contributed by atoms with van der Waals surface area (Å²) in [6.45, 7) is 0. The highest BCUT2D eigenvalue weighted by Crippen LogP contribution is 1.12. The van der Waals surface area contributed by atoms with Gasteiger partial charge < -0.3 is 0 Å². The number of carbonyl (C=O) groups is 2. The number of carbonyl (C=O) groups excluding carboxylic acids is 3.